The molecule has 1 rings (SSSR count). The number of aryl methyl sites for hydroxylation is 1. The monoisotopic (exact) mass is 270 g/mol. The van der Waals surface area contributed by atoms with Crippen LogP contribution in [-0.2, 0) is 11.8 Å². The zero-order valence-electron chi connectivity index (χ0n) is 10.1. The number of hydrogen-bond donors (Lipinski definition) is 0. The molecule has 0 aliphatic heterocycles. The molecular formula is C13H19BrO. The second-order valence-electron chi connectivity index (χ2n) is 4.75. The molecule has 0 saturated carbocycles. The third-order valence-electron chi connectivity index (χ3n) is 2.56. The Balaban J connectivity index is 3.34. The normalized spacial score (nSPS) is 11.6. The van der Waals surface area contributed by atoms with Crippen molar-refractivity contribution in [2.24, 2.45) is 0 Å². The maximum Gasteiger partial charge on any atom is 0.122 e. The predicted molar refractivity (Wildman–Crippen MR) is 68.8 cm³/mol. The van der Waals surface area contributed by atoms with E-state index in [2.05, 4.69) is 55.8 Å². The van der Waals surface area contributed by atoms with Crippen LogP contribution < -0.4 is 4.74 Å². The molecule has 84 valence electrons. The molecule has 15 heavy (non-hydrogen) atoms. The molecule has 0 spiro atoms. The molecule has 0 aliphatic rings. The van der Waals surface area contributed by atoms with Crippen molar-refractivity contribution < 1.29 is 4.74 Å². The summed E-state index contributed by atoms with van der Waals surface area (Å²) in [7, 11) is 1.73. The van der Waals surface area contributed by atoms with Crippen molar-refractivity contribution >= 4 is 15.9 Å². The second kappa shape index (κ2) is 4.56. The average molecular weight is 271 g/mol. The summed E-state index contributed by atoms with van der Waals surface area (Å²) in [5, 5.41) is 0. The quantitative estimate of drug-likeness (QED) is 0.778. The van der Waals surface area contributed by atoms with Crippen LogP contribution in [0, 0.1) is 0 Å². The lowest BCUT2D eigenvalue weighted by Gasteiger charge is -2.23. The Morgan fingerprint density at radius 1 is 1.27 bits per heavy atom. The third kappa shape index (κ3) is 2.75. The molecule has 0 fully saturated rings. The average Bonchev–Trinajstić information content (AvgIpc) is 2.16. The maximum atomic E-state index is 5.45. The van der Waals surface area contributed by atoms with Crippen molar-refractivity contribution in [1.82, 2.24) is 0 Å². The van der Waals surface area contributed by atoms with Crippen molar-refractivity contribution in [1.29, 1.82) is 0 Å². The van der Waals surface area contributed by atoms with E-state index in [9.17, 15) is 0 Å². The Morgan fingerprint density at radius 2 is 1.87 bits per heavy atom. The summed E-state index contributed by atoms with van der Waals surface area (Å²) in [6.07, 6.45) is 1.02. The van der Waals surface area contributed by atoms with Crippen LogP contribution in [-0.4, -0.2) is 7.11 Å². The minimum absolute atomic E-state index is 0.111. The Bertz CT molecular complexity index is 350. The minimum atomic E-state index is 0.111. The van der Waals surface area contributed by atoms with Gasteiger partial charge in [0, 0.05) is 10.0 Å². The van der Waals surface area contributed by atoms with E-state index in [0.29, 0.717) is 0 Å². The highest BCUT2D eigenvalue weighted by Crippen LogP contribution is 2.35. The molecule has 0 N–H and O–H groups in total. The Hall–Kier alpha value is -0.500. The lowest BCUT2D eigenvalue weighted by atomic mass is 9.85. The van der Waals surface area contributed by atoms with Gasteiger partial charge < -0.3 is 4.74 Å². The fourth-order valence-corrected chi connectivity index (χ4v) is 2.25. The van der Waals surface area contributed by atoms with E-state index >= 15 is 0 Å². The summed E-state index contributed by atoms with van der Waals surface area (Å²) in [5.74, 6) is 0.988. The summed E-state index contributed by atoms with van der Waals surface area (Å²) in [6, 6.07) is 4.31. The molecule has 0 aromatic heterocycles. The first-order chi connectivity index (χ1) is 6.90. The molecule has 0 saturated heterocycles. The lowest BCUT2D eigenvalue weighted by molar-refractivity contribution is 0.397. The number of methoxy groups -OCH3 is 1. The van der Waals surface area contributed by atoms with Gasteiger partial charge in [0.25, 0.3) is 0 Å². The Kier molecular flexibility index (Phi) is 3.82. The van der Waals surface area contributed by atoms with Gasteiger partial charge in [-0.05, 0) is 29.5 Å². The molecule has 0 radical (unpaired) electrons. The summed E-state index contributed by atoms with van der Waals surface area (Å²) >= 11 is 3.61. The summed E-state index contributed by atoms with van der Waals surface area (Å²) in [4.78, 5) is 0. The maximum absolute atomic E-state index is 5.45. The van der Waals surface area contributed by atoms with E-state index in [1.54, 1.807) is 7.11 Å². The largest absolute Gasteiger partial charge is 0.496 e. The zero-order valence-corrected chi connectivity index (χ0v) is 11.7. The molecular weight excluding hydrogens is 252 g/mol. The van der Waals surface area contributed by atoms with E-state index < -0.39 is 0 Å². The highest BCUT2D eigenvalue weighted by molar-refractivity contribution is 9.10. The van der Waals surface area contributed by atoms with Crippen LogP contribution in [0.3, 0.4) is 0 Å². The van der Waals surface area contributed by atoms with Crippen LogP contribution in [0.4, 0.5) is 0 Å². The van der Waals surface area contributed by atoms with Crippen LogP contribution in [0.25, 0.3) is 0 Å². The van der Waals surface area contributed by atoms with Gasteiger partial charge in [-0.15, -0.1) is 0 Å². The Morgan fingerprint density at radius 3 is 2.27 bits per heavy atom. The van der Waals surface area contributed by atoms with Crippen LogP contribution in [0.1, 0.15) is 38.8 Å². The third-order valence-corrected chi connectivity index (χ3v) is 3.30. The van der Waals surface area contributed by atoms with Crippen LogP contribution >= 0.6 is 15.9 Å². The second-order valence-corrected chi connectivity index (χ2v) is 5.60. The molecule has 2 heteroatoms. The fraction of sp³-hybridized carbons (Fsp3) is 0.538. The van der Waals surface area contributed by atoms with Crippen molar-refractivity contribution in [3.05, 3.63) is 27.7 Å². The molecule has 0 atom stereocenters. The summed E-state index contributed by atoms with van der Waals surface area (Å²) in [6.45, 7) is 8.74. The van der Waals surface area contributed by atoms with Crippen molar-refractivity contribution in [3.8, 4) is 5.75 Å². The van der Waals surface area contributed by atoms with E-state index in [-0.39, 0.29) is 5.41 Å². The number of ether oxygens (including phenoxy) is 1. The summed E-state index contributed by atoms with van der Waals surface area (Å²) < 4.78 is 6.63. The van der Waals surface area contributed by atoms with Gasteiger partial charge in [0.2, 0.25) is 0 Å². The molecule has 1 nitrogen and oxygen atoms in total. The van der Waals surface area contributed by atoms with Gasteiger partial charge >= 0.3 is 0 Å². The molecule has 1 aromatic rings. The van der Waals surface area contributed by atoms with E-state index in [1.165, 1.54) is 15.6 Å². The lowest BCUT2D eigenvalue weighted by Crippen LogP contribution is -2.13. The van der Waals surface area contributed by atoms with Crippen molar-refractivity contribution in [2.45, 2.75) is 39.5 Å². The molecule has 0 bridgehead atoms. The van der Waals surface area contributed by atoms with Gasteiger partial charge in [0.15, 0.2) is 0 Å². The van der Waals surface area contributed by atoms with Gasteiger partial charge in [0.05, 0.1) is 7.11 Å². The minimum Gasteiger partial charge on any atom is -0.496 e. The Labute approximate surface area is 101 Å². The molecule has 0 amide bonds. The van der Waals surface area contributed by atoms with E-state index in [4.69, 9.17) is 4.74 Å². The standard InChI is InChI=1S/C13H19BrO/c1-6-9-7-12(15-5)10(8-11(9)14)13(2,3)4/h7-8H,6H2,1-5H3. The van der Waals surface area contributed by atoms with Crippen molar-refractivity contribution in [2.75, 3.05) is 7.11 Å². The van der Waals surface area contributed by atoms with Gasteiger partial charge in [-0.25, -0.2) is 0 Å². The van der Waals surface area contributed by atoms with Gasteiger partial charge in [-0.2, -0.15) is 0 Å². The highest BCUT2D eigenvalue weighted by Gasteiger charge is 2.20. The SMILES string of the molecule is CCc1cc(OC)c(C(C)(C)C)cc1Br. The number of benzene rings is 1. The van der Waals surface area contributed by atoms with Crippen LogP contribution in [0.15, 0.2) is 16.6 Å². The van der Waals surface area contributed by atoms with E-state index in [0.717, 1.165) is 12.2 Å². The fourth-order valence-electron chi connectivity index (χ4n) is 1.62. The van der Waals surface area contributed by atoms with Crippen molar-refractivity contribution in [3.63, 3.8) is 0 Å². The van der Waals surface area contributed by atoms with Crippen LogP contribution in [0.5, 0.6) is 5.75 Å². The predicted octanol–water partition coefficient (Wildman–Crippen LogP) is 4.32. The first kappa shape index (κ1) is 12.6. The zero-order chi connectivity index (χ0) is 11.6. The summed E-state index contributed by atoms with van der Waals surface area (Å²) in [5.41, 5.74) is 2.65. The topological polar surface area (TPSA) is 9.23 Å². The van der Waals surface area contributed by atoms with Gasteiger partial charge in [0.1, 0.15) is 5.75 Å². The van der Waals surface area contributed by atoms with Crippen LogP contribution in [0.2, 0.25) is 0 Å². The van der Waals surface area contributed by atoms with E-state index in [1.807, 2.05) is 0 Å². The molecule has 0 unspecified atom stereocenters. The molecule has 0 aliphatic carbocycles. The number of hydrogen-bond acceptors (Lipinski definition) is 1. The smallest absolute Gasteiger partial charge is 0.122 e. The number of rotatable bonds is 2. The highest BCUT2D eigenvalue weighted by atomic mass is 79.9. The van der Waals surface area contributed by atoms with Gasteiger partial charge in [-0.3, -0.25) is 0 Å². The van der Waals surface area contributed by atoms with Gasteiger partial charge in [-0.1, -0.05) is 43.6 Å². The first-order valence-electron chi connectivity index (χ1n) is 5.27. The molecule has 0 heterocycles. The first-order valence-corrected chi connectivity index (χ1v) is 6.06. The molecule has 1 aromatic carbocycles. The number of halogens is 1.